The summed E-state index contributed by atoms with van der Waals surface area (Å²) in [5.41, 5.74) is -5.76. The summed E-state index contributed by atoms with van der Waals surface area (Å²) in [6.45, 7) is 14.9. The minimum absolute atomic E-state index is 0.0120. The molecule has 0 aromatic heterocycles. The number of aliphatic hydroxyl groups is 4. The predicted molar refractivity (Wildman–Crippen MR) is 174 cm³/mol. The molecule has 0 aromatic carbocycles. The largest absolute Gasteiger partial charge is 0.466 e. The van der Waals surface area contributed by atoms with Crippen molar-refractivity contribution in [3.05, 3.63) is 0 Å². The van der Waals surface area contributed by atoms with E-state index in [-0.39, 0.29) is 37.5 Å². The number of likely N-dealkylation sites (N-methyl/N-ethyl adjacent to an activating group) is 2. The van der Waals surface area contributed by atoms with Gasteiger partial charge in [0.25, 0.3) is 0 Å². The second kappa shape index (κ2) is 16.3. The van der Waals surface area contributed by atoms with Gasteiger partial charge >= 0.3 is 11.9 Å². The van der Waals surface area contributed by atoms with Crippen LogP contribution in [-0.2, 0) is 33.3 Å². The first kappa shape index (κ1) is 41.5. The van der Waals surface area contributed by atoms with Gasteiger partial charge in [0.15, 0.2) is 12.1 Å². The number of rotatable bonds is 7. The summed E-state index contributed by atoms with van der Waals surface area (Å²) in [5.74, 6) is -4.09. The molecule has 2 aliphatic heterocycles. The molecule has 0 saturated carbocycles. The van der Waals surface area contributed by atoms with Crippen LogP contribution in [0.25, 0.3) is 0 Å². The molecule has 2 fully saturated rings. The van der Waals surface area contributed by atoms with Crippen molar-refractivity contribution in [1.29, 1.82) is 0 Å². The van der Waals surface area contributed by atoms with E-state index < -0.39 is 83.4 Å². The lowest BCUT2D eigenvalue weighted by Gasteiger charge is -2.46. The van der Waals surface area contributed by atoms with Crippen molar-refractivity contribution in [2.45, 2.75) is 148 Å². The Hall–Kier alpha value is -1.71. The summed E-state index contributed by atoms with van der Waals surface area (Å²) in [6, 6.07) is -0.936. The molecule has 47 heavy (non-hydrogen) atoms. The lowest BCUT2D eigenvalue weighted by atomic mass is 9.72. The number of ketones is 1. The Morgan fingerprint density at radius 3 is 2.19 bits per heavy atom. The highest BCUT2D eigenvalue weighted by atomic mass is 16.7. The van der Waals surface area contributed by atoms with Gasteiger partial charge in [-0.15, -0.1) is 0 Å². The van der Waals surface area contributed by atoms with Crippen molar-refractivity contribution in [3.63, 3.8) is 0 Å². The van der Waals surface area contributed by atoms with Gasteiger partial charge in [-0.1, -0.05) is 20.8 Å². The molecular formula is C34H62N2O11. The number of carbonyl (C=O) groups excluding carboxylic acids is 3. The highest BCUT2D eigenvalue weighted by molar-refractivity contribution is 6.07. The van der Waals surface area contributed by atoms with Crippen molar-refractivity contribution in [1.82, 2.24) is 9.80 Å². The van der Waals surface area contributed by atoms with Crippen LogP contribution >= 0.6 is 0 Å². The maximum Gasteiger partial charge on any atom is 0.320 e. The quantitative estimate of drug-likeness (QED) is 0.226. The topological polar surface area (TPSA) is 176 Å². The van der Waals surface area contributed by atoms with Crippen molar-refractivity contribution in [3.8, 4) is 0 Å². The van der Waals surface area contributed by atoms with Gasteiger partial charge in [0.1, 0.15) is 29.3 Å². The van der Waals surface area contributed by atoms with E-state index in [0.717, 1.165) is 0 Å². The first-order valence-electron chi connectivity index (χ1n) is 16.9. The number of cyclic esters (lactones) is 1. The van der Waals surface area contributed by atoms with E-state index in [0.29, 0.717) is 13.0 Å². The average molecular weight is 675 g/mol. The fraction of sp³-hybridized carbons (Fsp3) is 0.912. The molecule has 2 aliphatic rings. The van der Waals surface area contributed by atoms with Gasteiger partial charge in [0.05, 0.1) is 30.8 Å². The Balaban J connectivity index is 2.75. The molecular weight excluding hydrogens is 612 g/mol. The Kier molecular flexibility index (Phi) is 14.4. The van der Waals surface area contributed by atoms with E-state index in [1.807, 2.05) is 37.7 Å². The van der Waals surface area contributed by atoms with Crippen LogP contribution in [0.3, 0.4) is 0 Å². The van der Waals surface area contributed by atoms with Gasteiger partial charge < -0.3 is 49.2 Å². The summed E-state index contributed by atoms with van der Waals surface area (Å²) < 4.78 is 23.4. The molecule has 2 heterocycles. The van der Waals surface area contributed by atoms with E-state index in [1.54, 1.807) is 27.8 Å². The number of ether oxygens (including phenoxy) is 4. The van der Waals surface area contributed by atoms with Gasteiger partial charge in [-0.3, -0.25) is 14.4 Å². The second-order valence-corrected chi connectivity index (χ2v) is 14.9. The van der Waals surface area contributed by atoms with E-state index in [1.165, 1.54) is 27.7 Å². The maximum absolute atomic E-state index is 14.6. The zero-order chi connectivity index (χ0) is 36.2. The SMILES string of the molecule is CCOC(=O)C[C@]1(C)C(=O)O[C@H](CC)[C@@](C)(O)[C@H](O)[C@@H](C)N(C)C[C@H](C)C[C@@](C)(O)[C@H](O[C@@H]2O[C@H](C)CC(N(C)C)[C@H]2O)[C@@H](C)C1=O. The Morgan fingerprint density at radius 2 is 1.66 bits per heavy atom. The lowest BCUT2D eigenvalue weighted by molar-refractivity contribution is -0.293. The minimum Gasteiger partial charge on any atom is -0.466 e. The van der Waals surface area contributed by atoms with Crippen LogP contribution in [0.5, 0.6) is 0 Å². The predicted octanol–water partition coefficient (Wildman–Crippen LogP) is 1.51. The van der Waals surface area contributed by atoms with Crippen LogP contribution in [-0.4, -0.2) is 142 Å². The number of Topliss-reactive ketones (excluding diaryl/α,β-unsaturated/α-hetero) is 1. The van der Waals surface area contributed by atoms with E-state index in [4.69, 9.17) is 18.9 Å². The van der Waals surface area contributed by atoms with Crippen molar-refractivity contribution in [2.24, 2.45) is 17.3 Å². The molecule has 13 heteroatoms. The molecule has 0 spiro atoms. The third-order valence-electron chi connectivity index (χ3n) is 10.2. The van der Waals surface area contributed by atoms with Crippen molar-refractivity contribution < 1.29 is 53.8 Å². The monoisotopic (exact) mass is 674 g/mol. The summed E-state index contributed by atoms with van der Waals surface area (Å²) in [6.07, 6.45) is -6.48. The van der Waals surface area contributed by atoms with Crippen molar-refractivity contribution in [2.75, 3.05) is 34.3 Å². The molecule has 4 N–H and O–H groups in total. The van der Waals surface area contributed by atoms with Gasteiger partial charge in [-0.2, -0.15) is 0 Å². The fourth-order valence-corrected chi connectivity index (χ4v) is 7.34. The van der Waals surface area contributed by atoms with Gasteiger partial charge in [0, 0.05) is 24.5 Å². The highest BCUT2D eigenvalue weighted by Crippen LogP contribution is 2.39. The normalized spacial score (nSPS) is 43.6. The minimum atomic E-state index is -2.13. The molecule has 0 aliphatic carbocycles. The molecule has 13 atom stereocenters. The van der Waals surface area contributed by atoms with Crippen LogP contribution in [0.2, 0.25) is 0 Å². The number of esters is 2. The van der Waals surface area contributed by atoms with Crippen LogP contribution < -0.4 is 0 Å². The standard InChI is InChI=1S/C34H62N2O11/c1-13-24-34(9,43)28(40)22(6)36(12)18-19(3)16-33(8,42)29(47-30-26(38)23(35(10)11)15-20(4)45-30)21(5)27(39)32(7,31(41)46-24)17-25(37)44-14-2/h19-24,26,28-30,38,40,42-43H,13-18H2,1-12H3/t19-,20-,21+,22-,23?,24-,26-,28-,29-,30+,32+,33-,34-/m1/s1. The number of carbonyl (C=O) groups is 3. The number of aliphatic hydroxyl groups excluding tert-OH is 2. The highest BCUT2D eigenvalue weighted by Gasteiger charge is 2.55. The van der Waals surface area contributed by atoms with E-state index in [9.17, 15) is 34.8 Å². The number of nitrogens with zero attached hydrogens (tertiary/aromatic N) is 2. The molecule has 0 bridgehead atoms. The van der Waals surface area contributed by atoms with Crippen LogP contribution in [0.15, 0.2) is 0 Å². The van der Waals surface area contributed by atoms with Crippen LogP contribution in [0.1, 0.15) is 88.0 Å². The van der Waals surface area contributed by atoms with Gasteiger partial charge in [0.2, 0.25) is 0 Å². The molecule has 274 valence electrons. The zero-order valence-electron chi connectivity index (χ0n) is 30.6. The van der Waals surface area contributed by atoms with Crippen LogP contribution in [0, 0.1) is 17.3 Å². The molecule has 0 aromatic rings. The summed E-state index contributed by atoms with van der Waals surface area (Å²) in [7, 11) is 5.45. The van der Waals surface area contributed by atoms with E-state index in [2.05, 4.69) is 0 Å². The summed E-state index contributed by atoms with van der Waals surface area (Å²) >= 11 is 0. The Morgan fingerprint density at radius 1 is 1.06 bits per heavy atom. The van der Waals surface area contributed by atoms with Crippen LogP contribution in [0.4, 0.5) is 0 Å². The molecule has 0 amide bonds. The maximum atomic E-state index is 14.6. The number of hydrogen-bond acceptors (Lipinski definition) is 13. The Bertz CT molecular complexity index is 1070. The fourth-order valence-electron chi connectivity index (χ4n) is 7.34. The summed E-state index contributed by atoms with van der Waals surface area (Å²) in [5, 5.41) is 46.4. The smallest absolute Gasteiger partial charge is 0.320 e. The molecule has 13 nitrogen and oxygen atoms in total. The first-order valence-corrected chi connectivity index (χ1v) is 16.9. The molecule has 1 unspecified atom stereocenters. The average Bonchev–Trinajstić information content (AvgIpc) is 2.96. The van der Waals surface area contributed by atoms with E-state index >= 15 is 0 Å². The number of hydrogen-bond donors (Lipinski definition) is 4. The van der Waals surface area contributed by atoms with Gasteiger partial charge in [-0.05, 0) is 87.9 Å². The molecule has 2 saturated heterocycles. The lowest BCUT2D eigenvalue weighted by Crippen LogP contribution is -2.60. The zero-order valence-corrected chi connectivity index (χ0v) is 30.6. The third-order valence-corrected chi connectivity index (χ3v) is 10.2. The van der Waals surface area contributed by atoms with Gasteiger partial charge in [-0.25, -0.2) is 0 Å². The third kappa shape index (κ3) is 9.50. The Labute approximate surface area is 280 Å². The molecule has 0 radical (unpaired) electrons. The summed E-state index contributed by atoms with van der Waals surface area (Å²) in [4.78, 5) is 45.3. The molecule has 2 rings (SSSR count). The second-order valence-electron chi connectivity index (χ2n) is 14.9. The first-order chi connectivity index (χ1) is 21.5. The van der Waals surface area contributed by atoms with Crippen molar-refractivity contribution >= 4 is 17.7 Å².